The number of anilines is 1. The highest BCUT2D eigenvalue weighted by atomic mass is 35.5. The number of esters is 1. The SMILES string of the molecule is COC(=O)c1cc(N2CC(S(=O)(=O)F)CC2=O)ccc1Cl. The summed E-state index contributed by atoms with van der Waals surface area (Å²) >= 11 is 5.85. The molecule has 1 aromatic rings. The van der Waals surface area contributed by atoms with Crippen LogP contribution >= 0.6 is 11.6 Å². The largest absolute Gasteiger partial charge is 0.465 e. The molecule has 0 bridgehead atoms. The molecule has 1 amide bonds. The van der Waals surface area contributed by atoms with Gasteiger partial charge in [-0.1, -0.05) is 11.6 Å². The van der Waals surface area contributed by atoms with E-state index in [-0.39, 0.29) is 22.8 Å². The number of benzene rings is 1. The predicted molar refractivity (Wildman–Crippen MR) is 73.6 cm³/mol. The highest BCUT2D eigenvalue weighted by molar-refractivity contribution is 7.87. The fourth-order valence-electron chi connectivity index (χ4n) is 2.06. The number of hydrogen-bond donors (Lipinski definition) is 0. The second-order valence-electron chi connectivity index (χ2n) is 4.46. The average molecular weight is 336 g/mol. The van der Waals surface area contributed by atoms with Crippen LogP contribution in [0.15, 0.2) is 18.2 Å². The first-order valence-corrected chi connectivity index (χ1v) is 7.68. The van der Waals surface area contributed by atoms with E-state index in [2.05, 4.69) is 4.74 Å². The Morgan fingerprint density at radius 1 is 1.48 bits per heavy atom. The Morgan fingerprint density at radius 2 is 2.14 bits per heavy atom. The van der Waals surface area contributed by atoms with Crippen LogP contribution in [-0.2, 0) is 19.8 Å². The van der Waals surface area contributed by atoms with E-state index in [1.807, 2.05) is 0 Å². The molecule has 1 unspecified atom stereocenters. The standard InChI is InChI=1S/C12H11ClFNO5S/c1-20-12(17)9-4-7(2-3-10(9)13)15-6-8(5-11(15)16)21(14,18)19/h2-4,8H,5-6H2,1H3. The number of carbonyl (C=O) groups is 2. The third kappa shape index (κ3) is 3.16. The Bertz CT molecular complexity index is 706. The van der Waals surface area contributed by atoms with Gasteiger partial charge in [-0.15, -0.1) is 3.89 Å². The van der Waals surface area contributed by atoms with E-state index in [1.54, 1.807) is 0 Å². The molecule has 0 saturated carbocycles. The molecule has 114 valence electrons. The van der Waals surface area contributed by atoms with Crippen LogP contribution < -0.4 is 4.90 Å². The molecular formula is C12H11ClFNO5S. The topological polar surface area (TPSA) is 80.8 Å². The first-order valence-electron chi connectivity index (χ1n) is 5.85. The zero-order chi connectivity index (χ0) is 15.8. The molecule has 0 spiro atoms. The fraction of sp³-hybridized carbons (Fsp3) is 0.333. The minimum Gasteiger partial charge on any atom is -0.465 e. The Morgan fingerprint density at radius 3 is 2.67 bits per heavy atom. The van der Waals surface area contributed by atoms with Crippen molar-refractivity contribution in [2.75, 3.05) is 18.6 Å². The van der Waals surface area contributed by atoms with Gasteiger partial charge in [0.25, 0.3) is 0 Å². The lowest BCUT2D eigenvalue weighted by Crippen LogP contribution is -2.27. The fourth-order valence-corrected chi connectivity index (χ4v) is 2.92. The van der Waals surface area contributed by atoms with Crippen molar-refractivity contribution < 1.29 is 26.6 Å². The number of methoxy groups -OCH3 is 1. The van der Waals surface area contributed by atoms with Crippen LogP contribution in [0.3, 0.4) is 0 Å². The quantitative estimate of drug-likeness (QED) is 0.618. The lowest BCUT2D eigenvalue weighted by atomic mass is 10.2. The van der Waals surface area contributed by atoms with Crippen molar-refractivity contribution in [3.05, 3.63) is 28.8 Å². The van der Waals surface area contributed by atoms with E-state index in [0.717, 1.165) is 4.90 Å². The molecule has 0 radical (unpaired) electrons. The van der Waals surface area contributed by atoms with Crippen LogP contribution in [0.1, 0.15) is 16.8 Å². The summed E-state index contributed by atoms with van der Waals surface area (Å²) in [5.74, 6) is -1.23. The van der Waals surface area contributed by atoms with Gasteiger partial charge in [-0.2, -0.15) is 8.42 Å². The highest BCUT2D eigenvalue weighted by Crippen LogP contribution is 2.29. The van der Waals surface area contributed by atoms with Gasteiger partial charge < -0.3 is 9.64 Å². The van der Waals surface area contributed by atoms with Crippen LogP contribution in [0, 0.1) is 0 Å². The summed E-state index contributed by atoms with van der Waals surface area (Å²) in [7, 11) is -3.62. The van der Waals surface area contributed by atoms with Crippen molar-refractivity contribution in [3.63, 3.8) is 0 Å². The second-order valence-corrected chi connectivity index (χ2v) is 6.49. The number of rotatable bonds is 3. The summed E-state index contributed by atoms with van der Waals surface area (Å²) in [5, 5.41) is -1.27. The van der Waals surface area contributed by atoms with Crippen LogP contribution in [0.25, 0.3) is 0 Å². The molecule has 1 aliphatic rings. The van der Waals surface area contributed by atoms with E-state index < -0.39 is 33.8 Å². The van der Waals surface area contributed by atoms with Gasteiger partial charge in [-0.05, 0) is 18.2 Å². The van der Waals surface area contributed by atoms with E-state index in [1.165, 1.54) is 25.3 Å². The van der Waals surface area contributed by atoms with Crippen molar-refractivity contribution >= 4 is 39.4 Å². The van der Waals surface area contributed by atoms with Crippen molar-refractivity contribution in [1.29, 1.82) is 0 Å². The number of carbonyl (C=O) groups excluding carboxylic acids is 2. The van der Waals surface area contributed by atoms with E-state index in [0.29, 0.717) is 0 Å². The molecule has 1 aromatic carbocycles. The molecule has 1 aliphatic heterocycles. The minimum absolute atomic E-state index is 0.0380. The molecule has 1 heterocycles. The Balaban J connectivity index is 2.35. The summed E-state index contributed by atoms with van der Waals surface area (Å²) in [6.45, 7) is -0.306. The number of hydrogen-bond acceptors (Lipinski definition) is 5. The maximum Gasteiger partial charge on any atom is 0.339 e. The van der Waals surface area contributed by atoms with E-state index >= 15 is 0 Å². The first kappa shape index (κ1) is 15.7. The molecule has 0 aliphatic carbocycles. The molecule has 1 atom stereocenters. The number of ether oxygens (including phenoxy) is 1. The van der Waals surface area contributed by atoms with Crippen molar-refractivity contribution in [1.82, 2.24) is 0 Å². The molecule has 1 fully saturated rings. The van der Waals surface area contributed by atoms with Crippen molar-refractivity contribution in [2.45, 2.75) is 11.7 Å². The summed E-state index contributed by atoms with van der Waals surface area (Å²) in [6.07, 6.45) is -0.435. The summed E-state index contributed by atoms with van der Waals surface area (Å²) in [6, 6.07) is 4.13. The monoisotopic (exact) mass is 335 g/mol. The summed E-state index contributed by atoms with van der Waals surface area (Å²) < 4.78 is 39.3. The summed E-state index contributed by atoms with van der Waals surface area (Å²) in [5.41, 5.74) is 0.298. The predicted octanol–water partition coefficient (Wildman–Crippen LogP) is 1.53. The molecule has 1 saturated heterocycles. The van der Waals surface area contributed by atoms with Gasteiger partial charge in [0.1, 0.15) is 5.25 Å². The summed E-state index contributed by atoms with van der Waals surface area (Å²) in [4.78, 5) is 24.5. The zero-order valence-corrected chi connectivity index (χ0v) is 12.4. The van der Waals surface area contributed by atoms with Crippen LogP contribution in [0.2, 0.25) is 5.02 Å². The maximum atomic E-state index is 13.0. The maximum absolute atomic E-state index is 13.0. The molecule has 0 aromatic heterocycles. The first-order chi connectivity index (χ1) is 9.74. The van der Waals surface area contributed by atoms with Gasteiger partial charge in [0.15, 0.2) is 0 Å². The number of amides is 1. The Kier molecular flexibility index (Phi) is 4.20. The number of halogens is 2. The second kappa shape index (κ2) is 5.61. The zero-order valence-electron chi connectivity index (χ0n) is 10.9. The van der Waals surface area contributed by atoms with Gasteiger partial charge >= 0.3 is 16.2 Å². The van der Waals surface area contributed by atoms with Gasteiger partial charge in [0.05, 0.1) is 17.7 Å². The van der Waals surface area contributed by atoms with Crippen LogP contribution in [0.4, 0.5) is 9.57 Å². The molecule has 0 N–H and O–H groups in total. The van der Waals surface area contributed by atoms with Gasteiger partial charge in [0, 0.05) is 18.7 Å². The van der Waals surface area contributed by atoms with Gasteiger partial charge in [0.2, 0.25) is 5.91 Å². The molecule has 6 nitrogen and oxygen atoms in total. The van der Waals surface area contributed by atoms with E-state index in [4.69, 9.17) is 11.6 Å². The average Bonchev–Trinajstić information content (AvgIpc) is 2.80. The lowest BCUT2D eigenvalue weighted by molar-refractivity contribution is -0.117. The number of nitrogens with zero attached hydrogens (tertiary/aromatic N) is 1. The van der Waals surface area contributed by atoms with Crippen LogP contribution in [-0.4, -0.2) is 39.2 Å². The van der Waals surface area contributed by atoms with Gasteiger partial charge in [-0.25, -0.2) is 4.79 Å². The smallest absolute Gasteiger partial charge is 0.339 e. The van der Waals surface area contributed by atoms with E-state index in [9.17, 15) is 21.9 Å². The van der Waals surface area contributed by atoms with Gasteiger partial charge in [-0.3, -0.25) is 4.79 Å². The molecule has 9 heteroatoms. The Hall–Kier alpha value is -1.67. The van der Waals surface area contributed by atoms with Crippen LogP contribution in [0.5, 0.6) is 0 Å². The lowest BCUT2D eigenvalue weighted by Gasteiger charge is -2.17. The normalized spacial score (nSPS) is 18.9. The molecule has 2 rings (SSSR count). The van der Waals surface area contributed by atoms with Crippen molar-refractivity contribution in [2.24, 2.45) is 0 Å². The molecular weight excluding hydrogens is 325 g/mol. The third-order valence-electron chi connectivity index (χ3n) is 3.15. The third-order valence-corrected chi connectivity index (χ3v) is 4.60. The van der Waals surface area contributed by atoms with Crippen molar-refractivity contribution in [3.8, 4) is 0 Å². The minimum atomic E-state index is -4.80. The Labute approximate surface area is 125 Å². The molecule has 21 heavy (non-hydrogen) atoms. The highest BCUT2D eigenvalue weighted by Gasteiger charge is 2.39.